The highest BCUT2D eigenvalue weighted by Crippen LogP contribution is 2.31. The molecule has 8 nitrogen and oxygen atoms in total. The van der Waals surface area contributed by atoms with Gasteiger partial charge in [0.05, 0.1) is 27.7 Å². The van der Waals surface area contributed by atoms with Gasteiger partial charge in [-0.05, 0) is 74.7 Å². The van der Waals surface area contributed by atoms with E-state index in [0.29, 0.717) is 18.6 Å². The lowest BCUT2D eigenvalue weighted by atomic mass is 10.1. The number of ether oxygens (including phenoxy) is 1. The molecule has 2 amide bonds. The second kappa shape index (κ2) is 14.8. The van der Waals surface area contributed by atoms with E-state index in [0.717, 1.165) is 15.4 Å². The normalized spacial score (nSPS) is 12.7. The molecule has 0 aliphatic carbocycles. The maximum atomic E-state index is 14.2. The van der Waals surface area contributed by atoms with Gasteiger partial charge in [0.2, 0.25) is 11.8 Å². The summed E-state index contributed by atoms with van der Waals surface area (Å²) in [6.45, 7) is 6.98. The van der Waals surface area contributed by atoms with Crippen molar-refractivity contribution in [3.63, 3.8) is 0 Å². The molecule has 3 rings (SSSR count). The molecule has 0 aliphatic rings. The number of aryl methyl sites for hydroxylation is 1. The Labute approximate surface area is 258 Å². The molecule has 3 aromatic carbocycles. The van der Waals surface area contributed by atoms with Crippen molar-refractivity contribution in [2.24, 2.45) is 0 Å². The number of benzene rings is 3. The number of carbonyl (C=O) groups excluding carboxylic acids is 2. The summed E-state index contributed by atoms with van der Waals surface area (Å²) in [5.41, 5.74) is 1.77. The zero-order valence-corrected chi connectivity index (χ0v) is 26.8. The van der Waals surface area contributed by atoms with E-state index in [2.05, 4.69) is 5.32 Å². The van der Waals surface area contributed by atoms with Crippen LogP contribution in [0, 0.1) is 6.92 Å². The van der Waals surface area contributed by atoms with E-state index in [9.17, 15) is 18.0 Å². The second-order valence-electron chi connectivity index (χ2n) is 10.0. The fourth-order valence-corrected chi connectivity index (χ4v) is 6.03. The molecule has 11 heteroatoms. The summed E-state index contributed by atoms with van der Waals surface area (Å²) in [5.74, 6) is -0.285. The minimum atomic E-state index is -4.22. The number of carbonyl (C=O) groups is 2. The highest BCUT2D eigenvalue weighted by atomic mass is 35.5. The predicted molar refractivity (Wildman–Crippen MR) is 168 cm³/mol. The third-order valence-electron chi connectivity index (χ3n) is 6.95. The fourth-order valence-electron chi connectivity index (χ4n) is 4.33. The van der Waals surface area contributed by atoms with Gasteiger partial charge in [-0.1, -0.05) is 66.9 Å². The maximum Gasteiger partial charge on any atom is 0.264 e. The molecular formula is C31H37Cl2N3O5S. The monoisotopic (exact) mass is 633 g/mol. The van der Waals surface area contributed by atoms with Crippen LogP contribution in [-0.2, 0) is 26.2 Å². The van der Waals surface area contributed by atoms with Crippen LogP contribution in [-0.4, -0.2) is 50.9 Å². The van der Waals surface area contributed by atoms with Crippen molar-refractivity contribution in [2.75, 3.05) is 18.0 Å². The first-order chi connectivity index (χ1) is 19.9. The third kappa shape index (κ3) is 8.18. The standard InChI is InChI=1S/C31H37Cl2N3O5S/c1-6-22(4)34-31(38)29(7-2)35(19-23-9-8-10-25(17-23)41-5)30(37)20-36(24-13-16-27(32)28(33)18-24)42(39,40)26-14-11-21(3)12-15-26/h8-18,22,29H,6-7,19-20H2,1-5H3,(H,34,38). The van der Waals surface area contributed by atoms with E-state index in [1.165, 1.54) is 35.2 Å². The van der Waals surface area contributed by atoms with Crippen LogP contribution in [0.4, 0.5) is 5.69 Å². The highest BCUT2D eigenvalue weighted by molar-refractivity contribution is 7.92. The van der Waals surface area contributed by atoms with Crippen molar-refractivity contribution in [3.8, 4) is 5.75 Å². The minimum Gasteiger partial charge on any atom is -0.497 e. The number of halogens is 2. The number of anilines is 1. The zero-order chi connectivity index (χ0) is 31.0. The van der Waals surface area contributed by atoms with Crippen molar-refractivity contribution in [1.82, 2.24) is 10.2 Å². The van der Waals surface area contributed by atoms with Gasteiger partial charge in [0.15, 0.2) is 0 Å². The first kappa shape index (κ1) is 33.2. The van der Waals surface area contributed by atoms with Crippen LogP contribution in [0.2, 0.25) is 10.0 Å². The molecule has 0 radical (unpaired) electrons. The lowest BCUT2D eigenvalue weighted by molar-refractivity contribution is -0.140. The topological polar surface area (TPSA) is 96.0 Å². The first-order valence-electron chi connectivity index (χ1n) is 13.7. The van der Waals surface area contributed by atoms with Gasteiger partial charge in [-0.15, -0.1) is 0 Å². The van der Waals surface area contributed by atoms with Crippen molar-refractivity contribution < 1.29 is 22.7 Å². The van der Waals surface area contributed by atoms with Crippen LogP contribution >= 0.6 is 23.2 Å². The SMILES string of the molecule is CCC(C)NC(=O)C(CC)N(Cc1cccc(OC)c1)C(=O)CN(c1ccc(Cl)c(Cl)c1)S(=O)(=O)c1ccc(C)cc1. The van der Waals surface area contributed by atoms with E-state index in [1.807, 2.05) is 33.8 Å². The largest absolute Gasteiger partial charge is 0.497 e. The Bertz CT molecular complexity index is 1500. The summed E-state index contributed by atoms with van der Waals surface area (Å²) in [7, 11) is -2.68. The summed E-state index contributed by atoms with van der Waals surface area (Å²) >= 11 is 12.4. The van der Waals surface area contributed by atoms with Crippen LogP contribution in [0.5, 0.6) is 5.75 Å². The molecule has 0 spiro atoms. The van der Waals surface area contributed by atoms with Crippen LogP contribution < -0.4 is 14.4 Å². The van der Waals surface area contributed by atoms with Crippen molar-refractivity contribution in [1.29, 1.82) is 0 Å². The average Bonchev–Trinajstić information content (AvgIpc) is 2.97. The third-order valence-corrected chi connectivity index (χ3v) is 9.48. The molecule has 0 bridgehead atoms. The van der Waals surface area contributed by atoms with Crippen LogP contribution in [0.3, 0.4) is 0 Å². The second-order valence-corrected chi connectivity index (χ2v) is 12.7. The molecule has 3 aromatic rings. The Morgan fingerprint density at radius 3 is 2.24 bits per heavy atom. The van der Waals surface area contributed by atoms with Crippen LogP contribution in [0.25, 0.3) is 0 Å². The lowest BCUT2D eigenvalue weighted by Gasteiger charge is -2.34. The molecule has 0 saturated carbocycles. The molecule has 2 unspecified atom stereocenters. The first-order valence-corrected chi connectivity index (χ1v) is 15.9. The summed E-state index contributed by atoms with van der Waals surface area (Å²) in [5, 5.41) is 3.34. The van der Waals surface area contributed by atoms with E-state index in [-0.39, 0.29) is 39.1 Å². The average molecular weight is 635 g/mol. The number of rotatable bonds is 13. The predicted octanol–water partition coefficient (Wildman–Crippen LogP) is 6.23. The van der Waals surface area contributed by atoms with E-state index in [4.69, 9.17) is 27.9 Å². The molecule has 1 N–H and O–H groups in total. The van der Waals surface area contributed by atoms with Gasteiger partial charge in [-0.2, -0.15) is 0 Å². The molecule has 226 valence electrons. The van der Waals surface area contributed by atoms with Gasteiger partial charge < -0.3 is 15.0 Å². The number of hydrogen-bond donors (Lipinski definition) is 1. The van der Waals surface area contributed by atoms with Crippen LogP contribution in [0.1, 0.15) is 44.7 Å². The summed E-state index contributed by atoms with van der Waals surface area (Å²) in [4.78, 5) is 29.0. The molecule has 0 fully saturated rings. The van der Waals surface area contributed by atoms with Crippen LogP contribution in [0.15, 0.2) is 71.6 Å². The summed E-state index contributed by atoms with van der Waals surface area (Å²) < 4.78 is 34.3. The molecular weight excluding hydrogens is 597 g/mol. The summed E-state index contributed by atoms with van der Waals surface area (Å²) in [6.07, 6.45) is 1.03. The number of nitrogens with one attached hydrogen (secondary N) is 1. The summed E-state index contributed by atoms with van der Waals surface area (Å²) in [6, 6.07) is 16.9. The molecule has 0 aliphatic heterocycles. The lowest BCUT2D eigenvalue weighted by Crippen LogP contribution is -2.53. The minimum absolute atomic E-state index is 0.00729. The Hall–Kier alpha value is -3.27. The number of amides is 2. The molecule has 42 heavy (non-hydrogen) atoms. The van der Waals surface area contributed by atoms with E-state index < -0.39 is 28.5 Å². The zero-order valence-electron chi connectivity index (χ0n) is 24.4. The number of sulfonamides is 1. The van der Waals surface area contributed by atoms with Gasteiger partial charge in [0.1, 0.15) is 18.3 Å². The Morgan fingerprint density at radius 2 is 1.64 bits per heavy atom. The molecule has 0 aromatic heterocycles. The molecule has 0 heterocycles. The Kier molecular flexibility index (Phi) is 11.7. The quantitative estimate of drug-likeness (QED) is 0.241. The van der Waals surface area contributed by atoms with Crippen molar-refractivity contribution >= 4 is 50.7 Å². The maximum absolute atomic E-state index is 14.2. The Balaban J connectivity index is 2.09. The van der Waals surface area contributed by atoms with Gasteiger partial charge >= 0.3 is 0 Å². The number of hydrogen-bond acceptors (Lipinski definition) is 5. The number of nitrogens with zero attached hydrogens (tertiary/aromatic N) is 2. The molecule has 0 saturated heterocycles. The fraction of sp³-hybridized carbons (Fsp3) is 0.355. The van der Waals surface area contributed by atoms with Gasteiger partial charge in [0, 0.05) is 12.6 Å². The van der Waals surface area contributed by atoms with Crippen molar-refractivity contribution in [2.45, 2.75) is 64.1 Å². The molecule has 2 atom stereocenters. The van der Waals surface area contributed by atoms with Gasteiger partial charge in [-0.25, -0.2) is 8.42 Å². The van der Waals surface area contributed by atoms with E-state index >= 15 is 0 Å². The Morgan fingerprint density at radius 1 is 0.952 bits per heavy atom. The van der Waals surface area contributed by atoms with Gasteiger partial charge in [-0.3, -0.25) is 13.9 Å². The smallest absolute Gasteiger partial charge is 0.264 e. The number of methoxy groups -OCH3 is 1. The van der Waals surface area contributed by atoms with Gasteiger partial charge in [0.25, 0.3) is 10.0 Å². The van der Waals surface area contributed by atoms with E-state index in [1.54, 1.807) is 37.4 Å². The van der Waals surface area contributed by atoms with Crippen molar-refractivity contribution in [3.05, 3.63) is 87.9 Å². The highest BCUT2D eigenvalue weighted by Gasteiger charge is 2.34.